The molecule has 2 atom stereocenters. The van der Waals surface area contributed by atoms with Gasteiger partial charge in [0, 0.05) is 18.2 Å². The summed E-state index contributed by atoms with van der Waals surface area (Å²) < 4.78 is 5.42. The normalized spacial score (nSPS) is 13.3. The van der Waals surface area contributed by atoms with Crippen LogP contribution in [-0.2, 0) is 14.3 Å². The summed E-state index contributed by atoms with van der Waals surface area (Å²) in [5.74, 6) is -0.716. The number of aromatic hydroxyl groups is 1. The van der Waals surface area contributed by atoms with Crippen molar-refractivity contribution < 1.29 is 24.2 Å². The molecule has 204 valence electrons. The fraction of sp³-hybridized carbons (Fsp3) is 0.679. The number of nitrogens with zero attached hydrogens (tertiary/aromatic N) is 1. The van der Waals surface area contributed by atoms with Gasteiger partial charge in [-0.2, -0.15) is 0 Å². The maximum atomic E-state index is 14.1. The van der Waals surface area contributed by atoms with E-state index in [1.807, 2.05) is 27.7 Å². The summed E-state index contributed by atoms with van der Waals surface area (Å²) in [6, 6.07) is 4.49. The highest BCUT2D eigenvalue weighted by Crippen LogP contribution is 2.30. The quantitative estimate of drug-likeness (QED) is 0.315. The van der Waals surface area contributed by atoms with Gasteiger partial charge in [0.25, 0.3) is 0 Å². The number of unbranched alkanes of at least 4 members (excludes halogenated alkanes) is 3. The molecule has 1 aromatic rings. The van der Waals surface area contributed by atoms with Crippen LogP contribution in [-0.4, -0.2) is 52.1 Å². The van der Waals surface area contributed by atoms with Gasteiger partial charge >= 0.3 is 6.09 Å². The minimum atomic E-state index is -1.04. The Morgan fingerprint density at radius 1 is 1.00 bits per heavy atom. The molecule has 36 heavy (non-hydrogen) atoms. The van der Waals surface area contributed by atoms with Crippen molar-refractivity contribution in [2.45, 2.75) is 111 Å². The highest BCUT2D eigenvalue weighted by molar-refractivity contribution is 5.92. The molecule has 3 N–H and O–H groups in total. The zero-order chi connectivity index (χ0) is 27.5. The molecule has 0 bridgehead atoms. The first-order valence-electron chi connectivity index (χ1n) is 13.1. The predicted molar refractivity (Wildman–Crippen MR) is 143 cm³/mol. The fourth-order valence-electron chi connectivity index (χ4n) is 3.95. The number of hydrogen-bond acceptors (Lipinski definition) is 5. The van der Waals surface area contributed by atoms with Crippen LogP contribution in [0, 0.1) is 5.92 Å². The molecule has 0 saturated carbocycles. The van der Waals surface area contributed by atoms with Crippen molar-refractivity contribution >= 4 is 17.9 Å². The van der Waals surface area contributed by atoms with Gasteiger partial charge in [0.05, 0.1) is 0 Å². The Morgan fingerprint density at radius 3 is 2.17 bits per heavy atom. The lowest BCUT2D eigenvalue weighted by Crippen LogP contribution is -2.54. The van der Waals surface area contributed by atoms with E-state index in [4.69, 9.17) is 4.74 Å². The molecule has 8 heteroatoms. The van der Waals surface area contributed by atoms with Gasteiger partial charge in [0.15, 0.2) is 0 Å². The minimum absolute atomic E-state index is 0.0618. The lowest BCUT2D eigenvalue weighted by atomic mass is 9.98. The van der Waals surface area contributed by atoms with Crippen LogP contribution in [0.4, 0.5) is 4.79 Å². The summed E-state index contributed by atoms with van der Waals surface area (Å²) in [4.78, 5) is 41.7. The molecule has 0 aromatic heterocycles. The third-order valence-corrected chi connectivity index (χ3v) is 5.45. The summed E-state index contributed by atoms with van der Waals surface area (Å²) in [7, 11) is 0. The molecule has 0 aliphatic rings. The Bertz CT molecular complexity index is 848. The average Bonchev–Trinajstić information content (AvgIpc) is 2.73. The zero-order valence-corrected chi connectivity index (χ0v) is 23.4. The second-order valence-electron chi connectivity index (χ2n) is 11.0. The van der Waals surface area contributed by atoms with E-state index in [2.05, 4.69) is 17.6 Å². The van der Waals surface area contributed by atoms with Crippen LogP contribution in [0.25, 0.3) is 0 Å². The van der Waals surface area contributed by atoms with E-state index in [9.17, 15) is 19.5 Å². The molecule has 1 rings (SSSR count). The number of nitrogens with one attached hydrogen (secondary N) is 2. The van der Waals surface area contributed by atoms with E-state index >= 15 is 0 Å². The molecule has 8 nitrogen and oxygen atoms in total. The first-order valence-corrected chi connectivity index (χ1v) is 13.1. The van der Waals surface area contributed by atoms with Crippen molar-refractivity contribution in [2.75, 3.05) is 6.54 Å². The van der Waals surface area contributed by atoms with Gasteiger partial charge in [-0.15, -0.1) is 0 Å². The Hall–Kier alpha value is -2.77. The van der Waals surface area contributed by atoms with E-state index < -0.39 is 23.8 Å². The number of amides is 3. The van der Waals surface area contributed by atoms with Crippen LogP contribution in [0.15, 0.2) is 24.3 Å². The van der Waals surface area contributed by atoms with Gasteiger partial charge < -0.3 is 25.4 Å². The highest BCUT2D eigenvalue weighted by Gasteiger charge is 2.37. The van der Waals surface area contributed by atoms with Crippen LogP contribution in [0.3, 0.4) is 0 Å². The summed E-state index contributed by atoms with van der Waals surface area (Å²) >= 11 is 0. The second kappa shape index (κ2) is 14.7. The molecule has 0 aliphatic carbocycles. The largest absolute Gasteiger partial charge is 0.508 e. The van der Waals surface area contributed by atoms with Crippen molar-refractivity contribution in [2.24, 2.45) is 5.92 Å². The van der Waals surface area contributed by atoms with Crippen LogP contribution >= 0.6 is 0 Å². The summed E-state index contributed by atoms with van der Waals surface area (Å²) in [6.07, 6.45) is 3.32. The number of rotatable bonds is 13. The maximum absolute atomic E-state index is 14.1. The molecular formula is C28H47N3O5. The number of hydrogen-bond donors (Lipinski definition) is 3. The van der Waals surface area contributed by atoms with E-state index in [1.54, 1.807) is 39.0 Å². The van der Waals surface area contributed by atoms with E-state index in [0.717, 1.165) is 19.3 Å². The Kier molecular flexibility index (Phi) is 12.8. The molecule has 2 unspecified atom stereocenters. The SMILES string of the molecule is CCCCCCN(C(=O)C(CC(C)C)NC(=O)OC(C)(C)C)C(C(=O)NC(C)C)c1ccccc1O. The van der Waals surface area contributed by atoms with Crippen molar-refractivity contribution in [1.29, 1.82) is 0 Å². The van der Waals surface area contributed by atoms with Crippen molar-refractivity contribution in [3.05, 3.63) is 29.8 Å². The molecule has 0 spiro atoms. The Labute approximate surface area is 217 Å². The minimum Gasteiger partial charge on any atom is -0.508 e. The summed E-state index contributed by atoms with van der Waals surface area (Å²) in [5, 5.41) is 16.3. The Morgan fingerprint density at radius 2 is 1.64 bits per heavy atom. The number of para-hydroxylation sites is 1. The van der Waals surface area contributed by atoms with Crippen LogP contribution in [0.1, 0.15) is 99.1 Å². The van der Waals surface area contributed by atoms with Crippen molar-refractivity contribution in [3.63, 3.8) is 0 Å². The lowest BCUT2D eigenvalue weighted by molar-refractivity contribution is -0.143. The molecule has 0 saturated heterocycles. The molecule has 3 amide bonds. The van der Waals surface area contributed by atoms with E-state index in [1.165, 1.54) is 11.0 Å². The highest BCUT2D eigenvalue weighted by atomic mass is 16.6. The first-order chi connectivity index (χ1) is 16.8. The second-order valence-corrected chi connectivity index (χ2v) is 11.0. The molecule has 0 radical (unpaired) electrons. The van der Waals surface area contributed by atoms with Crippen molar-refractivity contribution in [3.8, 4) is 5.75 Å². The smallest absolute Gasteiger partial charge is 0.408 e. The van der Waals surface area contributed by atoms with Gasteiger partial charge in [0.1, 0.15) is 23.4 Å². The van der Waals surface area contributed by atoms with Gasteiger partial charge in [-0.25, -0.2) is 4.79 Å². The average molecular weight is 506 g/mol. The van der Waals surface area contributed by atoms with Gasteiger partial charge in [-0.05, 0) is 59.4 Å². The molecule has 0 heterocycles. The standard InChI is InChI=1S/C28H47N3O5/c1-9-10-11-14-17-31(24(25(33)29-20(4)5)21-15-12-13-16-23(21)32)26(34)22(18-19(2)3)30-27(35)36-28(6,7)8/h12-13,15-16,19-20,22,24,32H,9-11,14,17-18H2,1-8H3,(H,29,33)(H,30,35). The molecule has 0 fully saturated rings. The number of phenols is 1. The lowest BCUT2D eigenvalue weighted by Gasteiger charge is -2.35. The zero-order valence-electron chi connectivity index (χ0n) is 23.4. The monoisotopic (exact) mass is 505 g/mol. The van der Waals surface area contributed by atoms with Crippen LogP contribution in [0.5, 0.6) is 5.75 Å². The van der Waals surface area contributed by atoms with E-state index in [-0.39, 0.29) is 29.5 Å². The van der Waals surface area contributed by atoms with Crippen LogP contribution in [0.2, 0.25) is 0 Å². The number of alkyl carbamates (subject to hydrolysis) is 1. The topological polar surface area (TPSA) is 108 Å². The maximum Gasteiger partial charge on any atom is 0.408 e. The van der Waals surface area contributed by atoms with Gasteiger partial charge in [0.2, 0.25) is 11.8 Å². The Balaban J connectivity index is 3.48. The number of carbonyl (C=O) groups is 3. The van der Waals surface area contributed by atoms with E-state index in [0.29, 0.717) is 24.9 Å². The molecule has 0 aliphatic heterocycles. The third kappa shape index (κ3) is 10.9. The summed E-state index contributed by atoms with van der Waals surface area (Å²) in [5.41, 5.74) is -0.370. The number of carbonyl (C=O) groups excluding carboxylic acids is 3. The predicted octanol–water partition coefficient (Wildman–Crippen LogP) is 5.31. The first kappa shape index (κ1) is 31.3. The molecule has 1 aromatic carbocycles. The fourth-order valence-corrected chi connectivity index (χ4v) is 3.95. The molecular weight excluding hydrogens is 458 g/mol. The third-order valence-electron chi connectivity index (χ3n) is 5.45. The van der Waals surface area contributed by atoms with Crippen molar-refractivity contribution in [1.82, 2.24) is 15.5 Å². The van der Waals surface area contributed by atoms with Gasteiger partial charge in [-0.3, -0.25) is 9.59 Å². The number of benzene rings is 1. The summed E-state index contributed by atoms with van der Waals surface area (Å²) in [6.45, 7) is 15.3. The van der Waals surface area contributed by atoms with Crippen LogP contribution < -0.4 is 10.6 Å². The number of ether oxygens (including phenoxy) is 1. The number of phenolic OH excluding ortho intramolecular Hbond substituents is 1. The van der Waals surface area contributed by atoms with Gasteiger partial charge in [-0.1, -0.05) is 58.2 Å².